The fourth-order valence-corrected chi connectivity index (χ4v) is 1.90. The Morgan fingerprint density at radius 3 is 2.60 bits per heavy atom. The van der Waals surface area contributed by atoms with Crippen molar-refractivity contribution in [3.05, 3.63) is 11.6 Å². The van der Waals surface area contributed by atoms with Crippen molar-refractivity contribution in [1.29, 1.82) is 0 Å². The first-order chi connectivity index (χ1) is 7.09. The van der Waals surface area contributed by atoms with Crippen molar-refractivity contribution in [3.8, 4) is 0 Å². The van der Waals surface area contributed by atoms with Gasteiger partial charge in [0.25, 0.3) is 0 Å². The van der Waals surface area contributed by atoms with E-state index in [0.717, 1.165) is 6.42 Å². The van der Waals surface area contributed by atoms with Crippen LogP contribution in [0, 0.1) is 0 Å². The van der Waals surface area contributed by atoms with Crippen molar-refractivity contribution in [2.45, 2.75) is 25.8 Å². The van der Waals surface area contributed by atoms with E-state index in [-0.39, 0.29) is 17.5 Å². The van der Waals surface area contributed by atoms with Crippen LogP contribution in [0.1, 0.15) is 19.8 Å². The fraction of sp³-hybridized carbons (Fsp3) is 0.500. The zero-order valence-corrected chi connectivity index (χ0v) is 8.36. The van der Waals surface area contributed by atoms with E-state index in [1.54, 1.807) is 11.8 Å². The monoisotopic (exact) mass is 209 g/mol. The molecule has 0 spiro atoms. The lowest BCUT2D eigenvalue weighted by Gasteiger charge is -2.23. The number of rotatable bonds is 2. The summed E-state index contributed by atoms with van der Waals surface area (Å²) in [6, 6.07) is -0.362. The molecule has 1 fully saturated rings. The molecule has 1 unspecified atom stereocenters. The summed E-state index contributed by atoms with van der Waals surface area (Å²) in [7, 11) is 0. The average molecular weight is 209 g/mol. The minimum absolute atomic E-state index is 0.0237. The third-order valence-electron chi connectivity index (χ3n) is 2.73. The van der Waals surface area contributed by atoms with Gasteiger partial charge in [0, 0.05) is 19.0 Å². The van der Waals surface area contributed by atoms with Gasteiger partial charge < -0.3 is 9.64 Å². The van der Waals surface area contributed by atoms with Crippen LogP contribution in [-0.2, 0) is 19.1 Å². The van der Waals surface area contributed by atoms with Crippen LogP contribution in [0.15, 0.2) is 11.6 Å². The van der Waals surface area contributed by atoms with Crippen LogP contribution in [0.2, 0.25) is 0 Å². The van der Waals surface area contributed by atoms with Crippen molar-refractivity contribution in [1.82, 2.24) is 4.90 Å². The second kappa shape index (κ2) is 3.49. The quantitative estimate of drug-likeness (QED) is 0.474. The molecular weight excluding hydrogens is 198 g/mol. The van der Waals surface area contributed by atoms with E-state index in [0.29, 0.717) is 13.0 Å². The van der Waals surface area contributed by atoms with Crippen LogP contribution in [0.3, 0.4) is 0 Å². The highest BCUT2D eigenvalue weighted by Crippen LogP contribution is 2.22. The van der Waals surface area contributed by atoms with Gasteiger partial charge in [0.15, 0.2) is 0 Å². The first-order valence-corrected chi connectivity index (χ1v) is 4.87. The fourth-order valence-electron chi connectivity index (χ4n) is 1.90. The predicted octanol–water partition coefficient (Wildman–Crippen LogP) is 0.00710. The van der Waals surface area contributed by atoms with Crippen molar-refractivity contribution >= 4 is 17.8 Å². The number of cyclic esters (lactones) is 2. The zero-order valence-electron chi connectivity index (χ0n) is 8.36. The highest BCUT2D eigenvalue weighted by Gasteiger charge is 2.34. The van der Waals surface area contributed by atoms with Gasteiger partial charge in [0.2, 0.25) is 5.91 Å². The summed E-state index contributed by atoms with van der Waals surface area (Å²) in [4.78, 5) is 35.1. The highest BCUT2D eigenvalue weighted by atomic mass is 16.6. The summed E-state index contributed by atoms with van der Waals surface area (Å²) in [6.07, 6.45) is 2.48. The molecule has 5 nitrogen and oxygen atoms in total. The zero-order chi connectivity index (χ0) is 11.0. The number of amides is 1. The molecule has 2 aliphatic rings. The first-order valence-electron chi connectivity index (χ1n) is 4.87. The van der Waals surface area contributed by atoms with Gasteiger partial charge in [-0.05, 0) is 13.3 Å². The Bertz CT molecular complexity index is 372. The summed E-state index contributed by atoms with van der Waals surface area (Å²) in [6.45, 7) is 2.37. The number of nitrogens with zero attached hydrogens (tertiary/aromatic N) is 1. The summed E-state index contributed by atoms with van der Waals surface area (Å²) in [5.41, 5.74) is 0.273. The first kappa shape index (κ1) is 9.89. The second-order valence-electron chi connectivity index (χ2n) is 3.67. The van der Waals surface area contributed by atoms with Crippen LogP contribution < -0.4 is 0 Å². The van der Waals surface area contributed by atoms with E-state index in [1.807, 2.05) is 0 Å². The predicted molar refractivity (Wildman–Crippen MR) is 49.6 cm³/mol. The molecule has 2 aliphatic heterocycles. The smallest absolute Gasteiger partial charge is 0.344 e. The van der Waals surface area contributed by atoms with Crippen LogP contribution in [0.25, 0.3) is 0 Å². The summed E-state index contributed by atoms with van der Waals surface area (Å²) in [5, 5.41) is 0. The van der Waals surface area contributed by atoms with Crippen LogP contribution in [-0.4, -0.2) is 35.3 Å². The minimum atomic E-state index is -0.645. The Labute approximate surface area is 86.7 Å². The molecule has 0 aromatic rings. The van der Waals surface area contributed by atoms with Crippen LogP contribution in [0.4, 0.5) is 0 Å². The lowest BCUT2D eigenvalue weighted by molar-refractivity contribution is -0.150. The molecule has 0 aliphatic carbocycles. The lowest BCUT2D eigenvalue weighted by atomic mass is 10.1. The largest absolute Gasteiger partial charge is 0.386 e. The molecule has 1 atom stereocenters. The molecule has 5 heteroatoms. The van der Waals surface area contributed by atoms with Gasteiger partial charge in [-0.15, -0.1) is 0 Å². The number of esters is 2. The van der Waals surface area contributed by atoms with Gasteiger partial charge >= 0.3 is 11.9 Å². The number of carbonyl (C=O) groups excluding carboxylic acids is 3. The minimum Gasteiger partial charge on any atom is -0.386 e. The second-order valence-corrected chi connectivity index (χ2v) is 3.67. The van der Waals surface area contributed by atoms with Crippen molar-refractivity contribution in [2.75, 3.05) is 6.54 Å². The Hall–Kier alpha value is -1.65. The van der Waals surface area contributed by atoms with E-state index >= 15 is 0 Å². The van der Waals surface area contributed by atoms with Gasteiger partial charge in [-0.25, -0.2) is 9.59 Å². The Morgan fingerprint density at radius 1 is 1.40 bits per heavy atom. The maximum atomic E-state index is 11.4. The van der Waals surface area contributed by atoms with Gasteiger partial charge in [0.1, 0.15) is 0 Å². The molecule has 1 saturated heterocycles. The Balaban J connectivity index is 2.17. The standard InChI is InChI=1S/C10H11NO4/c1-6(11-4-2-3-8(11)12)7-5-9(13)15-10(7)14/h5-6H,2-4H2,1H3. The molecule has 0 aromatic carbocycles. The number of hydrogen-bond donors (Lipinski definition) is 0. The van der Waals surface area contributed by atoms with Crippen LogP contribution >= 0.6 is 0 Å². The number of carbonyl (C=O) groups is 3. The van der Waals surface area contributed by atoms with E-state index in [9.17, 15) is 14.4 Å². The van der Waals surface area contributed by atoms with Gasteiger partial charge in [-0.1, -0.05) is 0 Å². The molecular formula is C10H11NO4. The average Bonchev–Trinajstić information content (AvgIpc) is 2.71. The van der Waals surface area contributed by atoms with E-state index in [1.165, 1.54) is 6.08 Å². The molecule has 2 rings (SSSR count). The lowest BCUT2D eigenvalue weighted by Crippen LogP contribution is -2.36. The van der Waals surface area contributed by atoms with Gasteiger partial charge in [-0.2, -0.15) is 0 Å². The van der Waals surface area contributed by atoms with E-state index < -0.39 is 11.9 Å². The molecule has 0 aromatic heterocycles. The van der Waals surface area contributed by atoms with Crippen molar-refractivity contribution in [2.24, 2.45) is 0 Å². The molecule has 0 bridgehead atoms. The molecule has 15 heavy (non-hydrogen) atoms. The third kappa shape index (κ3) is 1.65. The summed E-state index contributed by atoms with van der Waals surface area (Å²) < 4.78 is 4.38. The third-order valence-corrected chi connectivity index (χ3v) is 2.73. The maximum Gasteiger partial charge on any atom is 0.344 e. The van der Waals surface area contributed by atoms with Gasteiger partial charge in [0.05, 0.1) is 11.6 Å². The number of ether oxygens (including phenoxy) is 1. The molecule has 80 valence electrons. The van der Waals surface area contributed by atoms with E-state index in [4.69, 9.17) is 0 Å². The molecule has 0 saturated carbocycles. The Kier molecular flexibility index (Phi) is 2.30. The number of hydrogen-bond acceptors (Lipinski definition) is 4. The molecule has 2 heterocycles. The molecule has 1 amide bonds. The Morgan fingerprint density at radius 2 is 2.13 bits per heavy atom. The normalized spacial score (nSPS) is 23.1. The maximum absolute atomic E-state index is 11.4. The van der Waals surface area contributed by atoms with Gasteiger partial charge in [-0.3, -0.25) is 4.79 Å². The summed E-state index contributed by atoms with van der Waals surface area (Å²) in [5.74, 6) is -1.25. The number of likely N-dealkylation sites (tertiary alicyclic amines) is 1. The van der Waals surface area contributed by atoms with Crippen molar-refractivity contribution < 1.29 is 19.1 Å². The van der Waals surface area contributed by atoms with E-state index in [2.05, 4.69) is 4.74 Å². The van der Waals surface area contributed by atoms with Crippen molar-refractivity contribution in [3.63, 3.8) is 0 Å². The summed E-state index contributed by atoms with van der Waals surface area (Å²) >= 11 is 0. The highest BCUT2D eigenvalue weighted by molar-refractivity contribution is 6.09. The van der Waals surface area contributed by atoms with Crippen LogP contribution in [0.5, 0.6) is 0 Å². The topological polar surface area (TPSA) is 63.7 Å². The molecule has 0 N–H and O–H groups in total. The molecule has 0 radical (unpaired) electrons. The SMILES string of the molecule is CC(C1=CC(=O)OC1=O)N1CCCC1=O.